The van der Waals surface area contributed by atoms with Crippen molar-refractivity contribution in [1.29, 1.82) is 0 Å². The zero-order valence-electron chi connectivity index (χ0n) is 13.6. The normalized spacial score (nSPS) is 11.4. The van der Waals surface area contributed by atoms with Crippen molar-refractivity contribution in [3.05, 3.63) is 71.3 Å². The SMILES string of the molecule is CC(=O)NCc1ccc(C(=O)OC(C)C(=O)c2ccccc2)cc1. The number of ketones is 1. The van der Waals surface area contributed by atoms with Crippen LogP contribution in [0.1, 0.15) is 40.1 Å². The highest BCUT2D eigenvalue weighted by Crippen LogP contribution is 2.11. The Kier molecular flexibility index (Phi) is 5.84. The van der Waals surface area contributed by atoms with Crippen LogP contribution in [-0.2, 0) is 16.1 Å². The Morgan fingerprint density at radius 1 is 0.958 bits per heavy atom. The summed E-state index contributed by atoms with van der Waals surface area (Å²) < 4.78 is 5.23. The zero-order chi connectivity index (χ0) is 17.5. The van der Waals surface area contributed by atoms with Crippen LogP contribution in [0.5, 0.6) is 0 Å². The molecule has 1 atom stereocenters. The fourth-order valence-corrected chi connectivity index (χ4v) is 2.10. The van der Waals surface area contributed by atoms with E-state index < -0.39 is 12.1 Å². The van der Waals surface area contributed by atoms with Crippen LogP contribution < -0.4 is 5.32 Å². The molecule has 24 heavy (non-hydrogen) atoms. The second kappa shape index (κ2) is 8.06. The topological polar surface area (TPSA) is 72.5 Å². The molecular formula is C19H19NO4. The lowest BCUT2D eigenvalue weighted by Gasteiger charge is -2.12. The minimum Gasteiger partial charge on any atom is -0.451 e. The first-order chi connectivity index (χ1) is 11.5. The van der Waals surface area contributed by atoms with Gasteiger partial charge in [-0.15, -0.1) is 0 Å². The van der Waals surface area contributed by atoms with E-state index in [0.717, 1.165) is 5.56 Å². The molecule has 2 aromatic rings. The van der Waals surface area contributed by atoms with Crippen molar-refractivity contribution in [2.24, 2.45) is 0 Å². The number of carbonyl (C=O) groups excluding carboxylic acids is 3. The summed E-state index contributed by atoms with van der Waals surface area (Å²) in [7, 11) is 0. The number of carbonyl (C=O) groups is 3. The molecule has 5 nitrogen and oxygen atoms in total. The van der Waals surface area contributed by atoms with Crippen LogP contribution in [0.4, 0.5) is 0 Å². The Morgan fingerprint density at radius 2 is 1.58 bits per heavy atom. The van der Waals surface area contributed by atoms with Crippen molar-refractivity contribution < 1.29 is 19.1 Å². The molecule has 0 saturated carbocycles. The minimum absolute atomic E-state index is 0.119. The van der Waals surface area contributed by atoms with Gasteiger partial charge in [-0.05, 0) is 24.6 Å². The smallest absolute Gasteiger partial charge is 0.338 e. The number of hydrogen-bond donors (Lipinski definition) is 1. The molecule has 124 valence electrons. The summed E-state index contributed by atoms with van der Waals surface area (Å²) in [5, 5.41) is 2.68. The number of esters is 1. The lowest BCUT2D eigenvalue weighted by atomic mass is 10.1. The molecule has 0 spiro atoms. The molecule has 0 aromatic heterocycles. The molecule has 0 heterocycles. The van der Waals surface area contributed by atoms with E-state index in [9.17, 15) is 14.4 Å². The van der Waals surface area contributed by atoms with Crippen LogP contribution in [0.3, 0.4) is 0 Å². The van der Waals surface area contributed by atoms with Gasteiger partial charge in [-0.25, -0.2) is 4.79 Å². The molecule has 2 aromatic carbocycles. The standard InChI is InChI=1S/C19H19NO4/c1-13(18(22)16-6-4-3-5-7-16)24-19(23)17-10-8-15(9-11-17)12-20-14(2)21/h3-11,13H,12H2,1-2H3,(H,20,21). The fraction of sp³-hybridized carbons (Fsp3) is 0.211. The first-order valence-electron chi connectivity index (χ1n) is 7.61. The largest absolute Gasteiger partial charge is 0.451 e. The van der Waals surface area contributed by atoms with E-state index in [0.29, 0.717) is 17.7 Å². The monoisotopic (exact) mass is 325 g/mol. The Bertz CT molecular complexity index is 723. The van der Waals surface area contributed by atoms with Crippen LogP contribution in [0.25, 0.3) is 0 Å². The van der Waals surface area contributed by atoms with Gasteiger partial charge in [0.15, 0.2) is 6.10 Å². The minimum atomic E-state index is -0.862. The Balaban J connectivity index is 1.96. The Morgan fingerprint density at radius 3 is 2.17 bits per heavy atom. The summed E-state index contributed by atoms with van der Waals surface area (Å²) in [6.45, 7) is 3.39. The van der Waals surface area contributed by atoms with E-state index in [4.69, 9.17) is 4.74 Å². The summed E-state index contributed by atoms with van der Waals surface area (Å²) in [5.41, 5.74) is 1.73. The first-order valence-corrected chi connectivity index (χ1v) is 7.61. The van der Waals surface area contributed by atoms with Crippen molar-refractivity contribution in [1.82, 2.24) is 5.32 Å². The maximum atomic E-state index is 12.2. The van der Waals surface area contributed by atoms with Gasteiger partial charge in [0.2, 0.25) is 11.7 Å². The number of benzene rings is 2. The number of amides is 1. The first kappa shape index (κ1) is 17.4. The Labute approximate surface area is 140 Å². The molecule has 0 radical (unpaired) electrons. The quantitative estimate of drug-likeness (QED) is 0.655. The Hall–Kier alpha value is -2.95. The fourth-order valence-electron chi connectivity index (χ4n) is 2.10. The molecule has 0 aliphatic heterocycles. The van der Waals surface area contributed by atoms with Gasteiger partial charge < -0.3 is 10.1 Å². The van der Waals surface area contributed by atoms with Crippen LogP contribution in [0.15, 0.2) is 54.6 Å². The zero-order valence-corrected chi connectivity index (χ0v) is 13.6. The van der Waals surface area contributed by atoms with Gasteiger partial charge in [0.25, 0.3) is 0 Å². The van der Waals surface area contributed by atoms with Crippen molar-refractivity contribution >= 4 is 17.7 Å². The molecule has 0 aliphatic carbocycles. The van der Waals surface area contributed by atoms with Crippen molar-refractivity contribution in [3.8, 4) is 0 Å². The predicted molar refractivity (Wildman–Crippen MR) is 89.6 cm³/mol. The van der Waals surface area contributed by atoms with Gasteiger partial charge >= 0.3 is 5.97 Å². The summed E-state index contributed by atoms with van der Waals surface area (Å²) in [6, 6.07) is 15.4. The molecule has 1 amide bonds. The lowest BCUT2D eigenvalue weighted by Crippen LogP contribution is -2.24. The van der Waals surface area contributed by atoms with E-state index in [1.54, 1.807) is 55.5 Å². The third kappa shape index (κ3) is 4.78. The maximum Gasteiger partial charge on any atom is 0.338 e. The number of rotatable bonds is 6. The summed E-state index contributed by atoms with van der Waals surface area (Å²) in [6.07, 6.45) is -0.862. The summed E-state index contributed by atoms with van der Waals surface area (Å²) >= 11 is 0. The van der Waals surface area contributed by atoms with Gasteiger partial charge in [0.1, 0.15) is 0 Å². The van der Waals surface area contributed by atoms with Crippen molar-refractivity contribution in [3.63, 3.8) is 0 Å². The van der Waals surface area contributed by atoms with Gasteiger partial charge in [-0.3, -0.25) is 9.59 Å². The van der Waals surface area contributed by atoms with Gasteiger partial charge in [-0.1, -0.05) is 42.5 Å². The molecule has 0 aliphatic rings. The third-order valence-electron chi connectivity index (χ3n) is 3.44. The van der Waals surface area contributed by atoms with Gasteiger partial charge in [0.05, 0.1) is 5.56 Å². The molecule has 0 bridgehead atoms. The third-order valence-corrected chi connectivity index (χ3v) is 3.44. The van der Waals surface area contributed by atoms with Gasteiger partial charge in [0, 0.05) is 19.0 Å². The van der Waals surface area contributed by atoms with E-state index in [1.807, 2.05) is 6.07 Å². The summed E-state index contributed by atoms with van der Waals surface area (Å²) in [4.78, 5) is 35.2. The van der Waals surface area contributed by atoms with Crippen LogP contribution >= 0.6 is 0 Å². The predicted octanol–water partition coefficient (Wildman–Crippen LogP) is 2.75. The van der Waals surface area contributed by atoms with E-state index >= 15 is 0 Å². The van der Waals surface area contributed by atoms with Gasteiger partial charge in [-0.2, -0.15) is 0 Å². The molecule has 0 saturated heterocycles. The highest BCUT2D eigenvalue weighted by atomic mass is 16.5. The molecule has 1 unspecified atom stereocenters. The second-order valence-corrected chi connectivity index (χ2v) is 5.38. The number of hydrogen-bond acceptors (Lipinski definition) is 4. The highest BCUT2D eigenvalue weighted by molar-refractivity contribution is 6.01. The molecular weight excluding hydrogens is 306 g/mol. The van der Waals surface area contributed by atoms with Crippen LogP contribution in [0, 0.1) is 0 Å². The lowest BCUT2D eigenvalue weighted by molar-refractivity contribution is -0.119. The molecule has 0 fully saturated rings. The van der Waals surface area contributed by atoms with E-state index in [2.05, 4.69) is 5.32 Å². The van der Waals surface area contributed by atoms with E-state index in [1.165, 1.54) is 6.92 Å². The highest BCUT2D eigenvalue weighted by Gasteiger charge is 2.20. The van der Waals surface area contributed by atoms with E-state index in [-0.39, 0.29) is 11.7 Å². The molecule has 5 heteroatoms. The molecule has 1 N–H and O–H groups in total. The number of Topliss-reactive ketones (excluding diaryl/α,β-unsaturated/α-hetero) is 1. The van der Waals surface area contributed by atoms with Crippen LogP contribution in [0.2, 0.25) is 0 Å². The van der Waals surface area contributed by atoms with Crippen molar-refractivity contribution in [2.45, 2.75) is 26.5 Å². The molecule has 2 rings (SSSR count). The second-order valence-electron chi connectivity index (χ2n) is 5.38. The maximum absolute atomic E-state index is 12.2. The van der Waals surface area contributed by atoms with Crippen LogP contribution in [-0.4, -0.2) is 23.8 Å². The average Bonchev–Trinajstić information content (AvgIpc) is 2.60. The number of nitrogens with one attached hydrogen (secondary N) is 1. The number of ether oxygens (including phenoxy) is 1. The van der Waals surface area contributed by atoms with Crippen molar-refractivity contribution in [2.75, 3.05) is 0 Å². The average molecular weight is 325 g/mol. The summed E-state index contributed by atoms with van der Waals surface area (Å²) in [5.74, 6) is -0.921.